The van der Waals surface area contributed by atoms with Crippen molar-refractivity contribution in [2.45, 2.75) is 25.7 Å². The molecule has 0 aliphatic heterocycles. The summed E-state index contributed by atoms with van der Waals surface area (Å²) in [5.74, 6) is -0.490. The molecule has 0 aliphatic carbocycles. The predicted octanol–water partition coefficient (Wildman–Crippen LogP) is 1.14. The zero-order chi connectivity index (χ0) is 19.3. The summed E-state index contributed by atoms with van der Waals surface area (Å²) in [7, 11) is -1.14. The van der Waals surface area contributed by atoms with E-state index in [-0.39, 0.29) is 16.4 Å². The van der Waals surface area contributed by atoms with Crippen LogP contribution in [0.2, 0.25) is 0 Å². The van der Waals surface area contributed by atoms with Gasteiger partial charge < -0.3 is 14.2 Å². The lowest BCUT2D eigenvalue weighted by molar-refractivity contribution is -0.148. The van der Waals surface area contributed by atoms with E-state index in [1.54, 1.807) is 20.8 Å². The van der Waals surface area contributed by atoms with Crippen molar-refractivity contribution in [1.29, 1.82) is 0 Å². The molecule has 0 unspecified atom stereocenters. The number of carbonyl (C=O) groups is 2. The van der Waals surface area contributed by atoms with Crippen LogP contribution in [0.15, 0.2) is 23.1 Å². The average molecular weight is 373 g/mol. The molecule has 0 aliphatic rings. The molecule has 1 aromatic rings. The summed E-state index contributed by atoms with van der Waals surface area (Å²) in [6.07, 6.45) is 0. The van der Waals surface area contributed by atoms with E-state index in [4.69, 9.17) is 14.2 Å². The Morgan fingerprint density at radius 2 is 1.68 bits per heavy atom. The zero-order valence-electron chi connectivity index (χ0n) is 14.9. The maximum Gasteiger partial charge on any atom is 0.321 e. The number of rotatable bonds is 8. The first-order valence-corrected chi connectivity index (χ1v) is 8.90. The average Bonchev–Trinajstić information content (AvgIpc) is 2.56. The molecule has 0 atom stereocenters. The second-order valence-electron chi connectivity index (χ2n) is 6.18. The Morgan fingerprint density at radius 3 is 2.20 bits per heavy atom. The minimum Gasteiger partial charge on any atom is -0.493 e. The molecule has 1 rings (SSSR count). The van der Waals surface area contributed by atoms with Crippen LogP contribution in [0.3, 0.4) is 0 Å². The summed E-state index contributed by atoms with van der Waals surface area (Å²) >= 11 is 0. The highest BCUT2D eigenvalue weighted by Crippen LogP contribution is 2.29. The fourth-order valence-corrected chi connectivity index (χ4v) is 2.62. The molecule has 0 bridgehead atoms. The van der Waals surface area contributed by atoms with Gasteiger partial charge in [-0.05, 0) is 12.1 Å². The maximum absolute atomic E-state index is 12.2. The molecule has 0 amide bonds. The molecule has 1 N–H and O–H groups in total. The maximum atomic E-state index is 12.2. The van der Waals surface area contributed by atoms with Crippen LogP contribution < -0.4 is 14.2 Å². The number of nitrogens with one attached hydrogen (secondary N) is 1. The number of hydrogen-bond acceptors (Lipinski definition) is 7. The topological polar surface area (TPSA) is 108 Å². The van der Waals surface area contributed by atoms with Crippen LogP contribution in [0.5, 0.6) is 11.5 Å². The summed E-state index contributed by atoms with van der Waals surface area (Å²) in [5, 5.41) is 0. The monoisotopic (exact) mass is 373 g/mol. The summed E-state index contributed by atoms with van der Waals surface area (Å²) in [6, 6.07) is 4.03. The Bertz CT molecular complexity index is 735. The molecule has 0 spiro atoms. The molecule has 140 valence electrons. The minimum atomic E-state index is -3.95. The van der Waals surface area contributed by atoms with Crippen molar-refractivity contribution in [1.82, 2.24) is 4.72 Å². The van der Waals surface area contributed by atoms with Crippen molar-refractivity contribution in [3.63, 3.8) is 0 Å². The fourth-order valence-electron chi connectivity index (χ4n) is 1.63. The number of sulfonamides is 1. The van der Waals surface area contributed by atoms with Gasteiger partial charge in [0.05, 0.1) is 19.1 Å². The lowest BCUT2D eigenvalue weighted by Crippen LogP contribution is -2.33. The molecular weight excluding hydrogens is 350 g/mol. The lowest BCUT2D eigenvalue weighted by atomic mass is 9.91. The molecule has 1 aromatic carbocycles. The standard InChI is InChI=1S/C16H23NO7S/c1-16(2,3)14(18)10-24-15(19)9-17-25(20,21)11-6-7-12(22-4)13(8-11)23-5/h6-8,17H,9-10H2,1-5H3. The lowest BCUT2D eigenvalue weighted by Gasteiger charge is -2.16. The molecule has 25 heavy (non-hydrogen) atoms. The van der Waals surface area contributed by atoms with Crippen molar-refractivity contribution in [3.8, 4) is 11.5 Å². The van der Waals surface area contributed by atoms with E-state index in [1.807, 2.05) is 0 Å². The summed E-state index contributed by atoms with van der Waals surface area (Å²) in [6.45, 7) is 4.10. The Morgan fingerprint density at radius 1 is 1.08 bits per heavy atom. The van der Waals surface area contributed by atoms with Gasteiger partial charge in [0, 0.05) is 11.5 Å². The molecule has 0 saturated carbocycles. The van der Waals surface area contributed by atoms with Crippen LogP contribution in [0.4, 0.5) is 0 Å². The van der Waals surface area contributed by atoms with Gasteiger partial charge in [0.2, 0.25) is 10.0 Å². The Labute approximate surface area is 147 Å². The van der Waals surface area contributed by atoms with Crippen molar-refractivity contribution in [2.24, 2.45) is 5.41 Å². The van der Waals surface area contributed by atoms with Gasteiger partial charge in [-0.2, -0.15) is 4.72 Å². The van der Waals surface area contributed by atoms with Gasteiger partial charge in [-0.1, -0.05) is 20.8 Å². The molecular formula is C16H23NO7S. The van der Waals surface area contributed by atoms with Crippen LogP contribution in [0, 0.1) is 5.41 Å². The Hall–Kier alpha value is -2.13. The summed E-state index contributed by atoms with van der Waals surface area (Å²) in [4.78, 5) is 23.2. The van der Waals surface area contributed by atoms with E-state index in [0.717, 1.165) is 0 Å². The van der Waals surface area contributed by atoms with Crippen molar-refractivity contribution in [2.75, 3.05) is 27.4 Å². The molecule has 0 aromatic heterocycles. The quantitative estimate of drug-likeness (QED) is 0.681. The van der Waals surface area contributed by atoms with E-state index in [2.05, 4.69) is 4.72 Å². The van der Waals surface area contributed by atoms with Crippen LogP contribution >= 0.6 is 0 Å². The van der Waals surface area contributed by atoms with E-state index in [1.165, 1.54) is 32.4 Å². The molecule has 0 radical (unpaired) electrons. The first-order chi connectivity index (χ1) is 11.5. The van der Waals surface area contributed by atoms with Gasteiger partial charge in [0.1, 0.15) is 6.54 Å². The Kier molecular flexibility index (Phi) is 6.95. The largest absolute Gasteiger partial charge is 0.493 e. The molecule has 9 heteroatoms. The van der Waals surface area contributed by atoms with Crippen LogP contribution in [-0.4, -0.2) is 47.5 Å². The number of benzene rings is 1. The second-order valence-corrected chi connectivity index (χ2v) is 7.94. The number of ketones is 1. The second kappa shape index (κ2) is 8.30. The first kappa shape index (κ1) is 20.9. The fraction of sp³-hybridized carbons (Fsp3) is 0.500. The Balaban J connectivity index is 2.70. The van der Waals surface area contributed by atoms with Gasteiger partial charge >= 0.3 is 5.97 Å². The zero-order valence-corrected chi connectivity index (χ0v) is 15.7. The number of hydrogen-bond donors (Lipinski definition) is 1. The van der Waals surface area contributed by atoms with Gasteiger partial charge in [-0.15, -0.1) is 0 Å². The van der Waals surface area contributed by atoms with E-state index in [9.17, 15) is 18.0 Å². The van der Waals surface area contributed by atoms with Gasteiger partial charge in [-0.3, -0.25) is 9.59 Å². The number of esters is 1. The number of Topliss-reactive ketones (excluding diaryl/α,β-unsaturated/α-hetero) is 1. The minimum absolute atomic E-state index is 0.0938. The van der Waals surface area contributed by atoms with Gasteiger partial charge in [-0.25, -0.2) is 8.42 Å². The van der Waals surface area contributed by atoms with Crippen molar-refractivity contribution >= 4 is 21.8 Å². The summed E-state index contributed by atoms with van der Waals surface area (Å²) in [5.41, 5.74) is -0.639. The SMILES string of the molecule is COc1ccc(S(=O)(=O)NCC(=O)OCC(=O)C(C)(C)C)cc1OC. The smallest absolute Gasteiger partial charge is 0.321 e. The number of methoxy groups -OCH3 is 2. The summed E-state index contributed by atoms with van der Waals surface area (Å²) < 4.78 is 41.4. The molecule has 0 fully saturated rings. The highest BCUT2D eigenvalue weighted by molar-refractivity contribution is 7.89. The molecule has 8 nitrogen and oxygen atoms in total. The van der Waals surface area contributed by atoms with E-state index in [0.29, 0.717) is 5.75 Å². The van der Waals surface area contributed by atoms with Gasteiger partial charge in [0.15, 0.2) is 23.9 Å². The normalized spacial score (nSPS) is 11.7. The predicted molar refractivity (Wildman–Crippen MR) is 90.2 cm³/mol. The number of carbonyl (C=O) groups excluding carboxylic acids is 2. The number of ether oxygens (including phenoxy) is 3. The molecule has 0 saturated heterocycles. The van der Waals surface area contributed by atoms with E-state index >= 15 is 0 Å². The highest BCUT2D eigenvalue weighted by Gasteiger charge is 2.23. The third kappa shape index (κ3) is 6.02. The third-order valence-corrected chi connectivity index (χ3v) is 4.67. The molecule has 0 heterocycles. The van der Waals surface area contributed by atoms with Crippen LogP contribution in [0.1, 0.15) is 20.8 Å². The van der Waals surface area contributed by atoms with Gasteiger partial charge in [0.25, 0.3) is 0 Å². The first-order valence-electron chi connectivity index (χ1n) is 7.42. The van der Waals surface area contributed by atoms with Crippen molar-refractivity contribution < 1.29 is 32.2 Å². The highest BCUT2D eigenvalue weighted by atomic mass is 32.2. The van der Waals surface area contributed by atoms with Crippen LogP contribution in [-0.2, 0) is 24.3 Å². The van der Waals surface area contributed by atoms with Crippen LogP contribution in [0.25, 0.3) is 0 Å². The van der Waals surface area contributed by atoms with Crippen molar-refractivity contribution in [3.05, 3.63) is 18.2 Å². The van der Waals surface area contributed by atoms with E-state index < -0.39 is 34.6 Å². The third-order valence-electron chi connectivity index (χ3n) is 3.27.